The molecule has 0 aliphatic carbocycles. The van der Waals surface area contributed by atoms with Crippen LogP contribution in [0.25, 0.3) is 0 Å². The number of hydrogen-bond acceptors (Lipinski definition) is 7. The van der Waals surface area contributed by atoms with Gasteiger partial charge in [0.15, 0.2) is 0 Å². The lowest BCUT2D eigenvalue weighted by atomic mass is 10.2. The molecule has 1 aromatic rings. The first kappa shape index (κ1) is 15.8. The standard InChI is InChI=1S/C11H16N4O5/c1-19-6-8(20-2)5-14-11(16)9-3-7(15(17)18)4-13-10(9)12/h3-4,8H,5-6H2,1-2H3,(H2,12,13)(H,14,16). The van der Waals surface area contributed by atoms with Crippen molar-refractivity contribution < 1.29 is 19.2 Å². The van der Waals surface area contributed by atoms with E-state index in [-0.39, 0.29) is 29.7 Å². The number of pyridine rings is 1. The van der Waals surface area contributed by atoms with Gasteiger partial charge in [0.25, 0.3) is 11.6 Å². The molecule has 1 amide bonds. The quantitative estimate of drug-likeness (QED) is 0.530. The summed E-state index contributed by atoms with van der Waals surface area (Å²) in [5.41, 5.74) is 5.19. The van der Waals surface area contributed by atoms with Crippen molar-refractivity contribution >= 4 is 17.4 Å². The molecule has 1 rings (SSSR count). The van der Waals surface area contributed by atoms with Gasteiger partial charge in [0, 0.05) is 26.8 Å². The summed E-state index contributed by atoms with van der Waals surface area (Å²) in [6.07, 6.45) is 0.673. The zero-order chi connectivity index (χ0) is 15.1. The summed E-state index contributed by atoms with van der Waals surface area (Å²) in [5, 5.41) is 13.2. The Morgan fingerprint density at radius 1 is 1.60 bits per heavy atom. The lowest BCUT2D eigenvalue weighted by molar-refractivity contribution is -0.385. The lowest BCUT2D eigenvalue weighted by Gasteiger charge is -2.15. The number of methoxy groups -OCH3 is 2. The van der Waals surface area contributed by atoms with E-state index in [1.807, 2.05) is 0 Å². The smallest absolute Gasteiger partial charge is 0.288 e. The maximum atomic E-state index is 11.9. The Balaban J connectivity index is 2.76. The molecule has 3 N–H and O–H groups in total. The number of hydrogen-bond donors (Lipinski definition) is 2. The van der Waals surface area contributed by atoms with E-state index in [1.54, 1.807) is 0 Å². The molecule has 0 aliphatic heterocycles. The normalized spacial score (nSPS) is 11.9. The Labute approximate surface area is 115 Å². The van der Waals surface area contributed by atoms with Gasteiger partial charge < -0.3 is 20.5 Å². The number of carbonyl (C=O) groups excluding carboxylic acids is 1. The van der Waals surface area contributed by atoms with Crippen molar-refractivity contribution in [3.8, 4) is 0 Å². The molecular weight excluding hydrogens is 268 g/mol. The number of anilines is 1. The Hall–Kier alpha value is -2.26. The maximum Gasteiger partial charge on any atom is 0.288 e. The number of nitrogens with zero attached hydrogens (tertiary/aromatic N) is 2. The Morgan fingerprint density at radius 3 is 2.85 bits per heavy atom. The summed E-state index contributed by atoms with van der Waals surface area (Å²) in [4.78, 5) is 25.5. The second kappa shape index (κ2) is 7.36. The van der Waals surface area contributed by atoms with Gasteiger partial charge in [-0.15, -0.1) is 0 Å². The fourth-order valence-corrected chi connectivity index (χ4v) is 1.44. The number of carbonyl (C=O) groups is 1. The van der Waals surface area contributed by atoms with Crippen molar-refractivity contribution in [3.05, 3.63) is 27.9 Å². The van der Waals surface area contributed by atoms with Crippen LogP contribution in [0.3, 0.4) is 0 Å². The third-order valence-electron chi connectivity index (χ3n) is 2.54. The van der Waals surface area contributed by atoms with Crippen LogP contribution in [0, 0.1) is 10.1 Å². The molecule has 1 atom stereocenters. The Bertz CT molecular complexity index is 494. The fourth-order valence-electron chi connectivity index (χ4n) is 1.44. The number of nitrogens with two attached hydrogens (primary N) is 1. The number of aromatic nitrogens is 1. The molecule has 0 saturated carbocycles. The number of rotatable bonds is 7. The van der Waals surface area contributed by atoms with E-state index in [9.17, 15) is 14.9 Å². The van der Waals surface area contributed by atoms with Gasteiger partial charge in [-0.2, -0.15) is 0 Å². The van der Waals surface area contributed by atoms with E-state index >= 15 is 0 Å². The predicted molar refractivity (Wildman–Crippen MR) is 70.3 cm³/mol. The van der Waals surface area contributed by atoms with E-state index in [4.69, 9.17) is 15.2 Å². The molecule has 110 valence electrons. The first-order chi connectivity index (χ1) is 9.49. The summed E-state index contributed by atoms with van der Waals surface area (Å²) in [7, 11) is 3.00. The molecule has 0 spiro atoms. The molecule has 0 fully saturated rings. The van der Waals surface area contributed by atoms with Crippen molar-refractivity contribution in [1.29, 1.82) is 0 Å². The molecule has 1 heterocycles. The van der Waals surface area contributed by atoms with Crippen molar-refractivity contribution in [2.75, 3.05) is 33.1 Å². The molecule has 0 bridgehead atoms. The zero-order valence-corrected chi connectivity index (χ0v) is 11.2. The number of nitro groups is 1. The van der Waals surface area contributed by atoms with E-state index < -0.39 is 10.8 Å². The first-order valence-electron chi connectivity index (χ1n) is 5.69. The van der Waals surface area contributed by atoms with Crippen molar-refractivity contribution in [3.63, 3.8) is 0 Å². The average molecular weight is 284 g/mol. The van der Waals surface area contributed by atoms with E-state index in [0.717, 1.165) is 12.3 Å². The van der Waals surface area contributed by atoms with Crippen LogP contribution in [-0.2, 0) is 9.47 Å². The maximum absolute atomic E-state index is 11.9. The van der Waals surface area contributed by atoms with Gasteiger partial charge >= 0.3 is 0 Å². The first-order valence-corrected chi connectivity index (χ1v) is 5.69. The van der Waals surface area contributed by atoms with E-state index in [1.165, 1.54) is 14.2 Å². The van der Waals surface area contributed by atoms with Crippen LogP contribution in [0.2, 0.25) is 0 Å². The molecule has 1 unspecified atom stereocenters. The number of nitrogen functional groups attached to an aromatic ring is 1. The van der Waals surface area contributed by atoms with Crippen molar-refractivity contribution in [2.24, 2.45) is 0 Å². The molecule has 20 heavy (non-hydrogen) atoms. The summed E-state index contributed by atoms with van der Waals surface area (Å²) in [5.74, 6) is -0.634. The van der Waals surface area contributed by atoms with Crippen LogP contribution in [0.5, 0.6) is 0 Å². The SMILES string of the molecule is COCC(CNC(=O)c1cc([N+](=O)[O-])cnc1N)OC. The highest BCUT2D eigenvalue weighted by atomic mass is 16.6. The number of amides is 1. The van der Waals surface area contributed by atoms with Crippen LogP contribution in [0.15, 0.2) is 12.3 Å². The largest absolute Gasteiger partial charge is 0.383 e. The number of nitrogens with one attached hydrogen (secondary N) is 1. The summed E-state index contributed by atoms with van der Waals surface area (Å²) < 4.78 is 9.98. The topological polar surface area (TPSA) is 130 Å². The minimum Gasteiger partial charge on any atom is -0.383 e. The predicted octanol–water partition coefficient (Wildman–Crippen LogP) is -0.0368. The van der Waals surface area contributed by atoms with Crippen LogP contribution in [0.1, 0.15) is 10.4 Å². The third kappa shape index (κ3) is 4.14. The van der Waals surface area contributed by atoms with E-state index in [2.05, 4.69) is 10.3 Å². The van der Waals surface area contributed by atoms with Gasteiger partial charge in [0.1, 0.15) is 12.0 Å². The van der Waals surface area contributed by atoms with Crippen LogP contribution < -0.4 is 11.1 Å². The number of ether oxygens (including phenoxy) is 2. The van der Waals surface area contributed by atoms with Gasteiger partial charge in [-0.05, 0) is 0 Å². The van der Waals surface area contributed by atoms with Gasteiger partial charge in [-0.25, -0.2) is 4.98 Å². The molecule has 9 heteroatoms. The average Bonchev–Trinajstić information content (AvgIpc) is 2.43. The van der Waals surface area contributed by atoms with Gasteiger partial charge in [-0.3, -0.25) is 14.9 Å². The highest BCUT2D eigenvalue weighted by molar-refractivity contribution is 5.98. The molecule has 0 saturated heterocycles. The lowest BCUT2D eigenvalue weighted by Crippen LogP contribution is -2.36. The molecule has 1 aromatic heterocycles. The third-order valence-corrected chi connectivity index (χ3v) is 2.54. The summed E-state index contributed by atoms with van der Waals surface area (Å²) in [6.45, 7) is 0.491. The second-order valence-corrected chi connectivity index (χ2v) is 3.91. The monoisotopic (exact) mass is 284 g/mol. The van der Waals surface area contributed by atoms with Gasteiger partial charge in [0.2, 0.25) is 0 Å². The summed E-state index contributed by atoms with van der Waals surface area (Å²) in [6, 6.07) is 1.08. The van der Waals surface area contributed by atoms with Crippen LogP contribution in [-0.4, -0.2) is 49.3 Å². The molecular formula is C11H16N4O5. The second-order valence-electron chi connectivity index (χ2n) is 3.91. The molecule has 9 nitrogen and oxygen atoms in total. The van der Waals surface area contributed by atoms with E-state index in [0.29, 0.717) is 6.61 Å². The molecule has 0 aromatic carbocycles. The van der Waals surface area contributed by atoms with Crippen molar-refractivity contribution in [1.82, 2.24) is 10.3 Å². The van der Waals surface area contributed by atoms with Crippen LogP contribution >= 0.6 is 0 Å². The molecule has 0 radical (unpaired) electrons. The van der Waals surface area contributed by atoms with Crippen molar-refractivity contribution in [2.45, 2.75) is 6.10 Å². The summed E-state index contributed by atoms with van der Waals surface area (Å²) >= 11 is 0. The highest BCUT2D eigenvalue weighted by Gasteiger charge is 2.17. The Morgan fingerprint density at radius 2 is 2.30 bits per heavy atom. The fraction of sp³-hybridized carbons (Fsp3) is 0.455. The van der Waals surface area contributed by atoms with Gasteiger partial charge in [-0.1, -0.05) is 0 Å². The zero-order valence-electron chi connectivity index (χ0n) is 11.2. The molecule has 0 aliphatic rings. The Kier molecular flexibility index (Phi) is 5.81. The minimum absolute atomic E-state index is 0.0496. The van der Waals surface area contributed by atoms with Crippen LogP contribution in [0.4, 0.5) is 11.5 Å². The minimum atomic E-state index is -0.647. The van der Waals surface area contributed by atoms with Gasteiger partial charge in [0.05, 0.1) is 23.2 Å². The highest BCUT2D eigenvalue weighted by Crippen LogP contribution is 2.16.